The van der Waals surface area contributed by atoms with E-state index in [0.29, 0.717) is 28.3 Å². The SMILES string of the molecule is CCC(=O)c1ccc(OCC(=O)c2ccccc2Cl)cc1. The van der Waals surface area contributed by atoms with Gasteiger partial charge in [0.2, 0.25) is 5.78 Å². The first-order valence-corrected chi connectivity index (χ1v) is 7.03. The van der Waals surface area contributed by atoms with Crippen molar-refractivity contribution >= 4 is 23.2 Å². The van der Waals surface area contributed by atoms with Gasteiger partial charge >= 0.3 is 0 Å². The Morgan fingerprint density at radius 2 is 1.67 bits per heavy atom. The zero-order valence-corrected chi connectivity index (χ0v) is 12.4. The number of ether oxygens (including phenoxy) is 1. The molecule has 0 N–H and O–H groups in total. The van der Waals surface area contributed by atoms with Crippen LogP contribution in [0.2, 0.25) is 5.02 Å². The molecule has 0 bridgehead atoms. The van der Waals surface area contributed by atoms with Crippen molar-refractivity contribution in [2.45, 2.75) is 13.3 Å². The summed E-state index contributed by atoms with van der Waals surface area (Å²) in [5, 5.41) is 0.412. The molecule has 3 nitrogen and oxygen atoms in total. The molecule has 0 spiro atoms. The standard InChI is InChI=1S/C17H15ClO3/c1-2-16(19)12-7-9-13(10-8-12)21-11-17(20)14-5-3-4-6-15(14)18/h3-10H,2,11H2,1H3. The smallest absolute Gasteiger partial charge is 0.201 e. The van der Waals surface area contributed by atoms with Gasteiger partial charge in [0.1, 0.15) is 5.75 Å². The zero-order valence-electron chi connectivity index (χ0n) is 11.6. The third-order valence-corrected chi connectivity index (χ3v) is 3.37. The number of carbonyl (C=O) groups excluding carboxylic acids is 2. The first-order chi connectivity index (χ1) is 10.1. The number of hydrogen-bond donors (Lipinski definition) is 0. The lowest BCUT2D eigenvalue weighted by molar-refractivity contribution is 0.0920. The molecule has 4 heteroatoms. The van der Waals surface area contributed by atoms with E-state index in [9.17, 15) is 9.59 Å². The normalized spacial score (nSPS) is 10.2. The van der Waals surface area contributed by atoms with Gasteiger partial charge in [-0.3, -0.25) is 9.59 Å². The second-order valence-corrected chi connectivity index (χ2v) is 4.90. The molecule has 2 aromatic rings. The maximum atomic E-state index is 12.0. The van der Waals surface area contributed by atoms with Gasteiger partial charge in [-0.05, 0) is 36.4 Å². The fourth-order valence-corrected chi connectivity index (χ4v) is 2.10. The van der Waals surface area contributed by atoms with Crippen molar-refractivity contribution in [3.8, 4) is 5.75 Å². The topological polar surface area (TPSA) is 43.4 Å². The molecule has 2 rings (SSSR count). The maximum absolute atomic E-state index is 12.0. The van der Waals surface area contributed by atoms with Crippen molar-refractivity contribution in [3.63, 3.8) is 0 Å². The van der Waals surface area contributed by atoms with Gasteiger partial charge < -0.3 is 4.74 Å². The van der Waals surface area contributed by atoms with Crippen LogP contribution in [0.15, 0.2) is 48.5 Å². The molecular formula is C17H15ClO3. The van der Waals surface area contributed by atoms with E-state index in [4.69, 9.17) is 16.3 Å². The molecule has 21 heavy (non-hydrogen) atoms. The van der Waals surface area contributed by atoms with Crippen molar-refractivity contribution in [1.29, 1.82) is 0 Å². The average molecular weight is 303 g/mol. The Bertz CT molecular complexity index is 647. The van der Waals surface area contributed by atoms with Crippen LogP contribution in [0.4, 0.5) is 0 Å². The second-order valence-electron chi connectivity index (χ2n) is 4.49. The van der Waals surface area contributed by atoms with Crippen LogP contribution in [0.1, 0.15) is 34.1 Å². The van der Waals surface area contributed by atoms with Gasteiger partial charge in [0.25, 0.3) is 0 Å². The van der Waals surface area contributed by atoms with Crippen LogP contribution in [0.25, 0.3) is 0 Å². The molecule has 0 fully saturated rings. The van der Waals surface area contributed by atoms with Crippen LogP contribution in [-0.4, -0.2) is 18.2 Å². The summed E-state index contributed by atoms with van der Waals surface area (Å²) in [6, 6.07) is 13.6. The van der Waals surface area contributed by atoms with E-state index in [1.165, 1.54) is 0 Å². The number of Topliss-reactive ketones (excluding diaryl/α,β-unsaturated/α-hetero) is 2. The van der Waals surface area contributed by atoms with Crippen LogP contribution in [0.5, 0.6) is 5.75 Å². The third kappa shape index (κ3) is 3.92. The average Bonchev–Trinajstić information content (AvgIpc) is 2.52. The van der Waals surface area contributed by atoms with Crippen molar-refractivity contribution in [1.82, 2.24) is 0 Å². The molecule has 0 amide bonds. The Morgan fingerprint density at radius 3 is 2.29 bits per heavy atom. The molecule has 108 valence electrons. The van der Waals surface area contributed by atoms with Crippen molar-refractivity contribution in [2.24, 2.45) is 0 Å². The lowest BCUT2D eigenvalue weighted by atomic mass is 10.1. The third-order valence-electron chi connectivity index (χ3n) is 3.04. The Labute approximate surface area is 128 Å². The number of hydrogen-bond acceptors (Lipinski definition) is 3. The summed E-state index contributed by atoms with van der Waals surface area (Å²) >= 11 is 5.96. The predicted octanol–water partition coefficient (Wildman–Crippen LogP) is 4.19. The van der Waals surface area contributed by atoms with Gasteiger partial charge in [-0.25, -0.2) is 0 Å². The van der Waals surface area contributed by atoms with Gasteiger partial charge in [-0.15, -0.1) is 0 Å². The van der Waals surface area contributed by atoms with E-state index in [0.717, 1.165) is 0 Å². The summed E-state index contributed by atoms with van der Waals surface area (Å²) in [6.07, 6.45) is 0.463. The van der Waals surface area contributed by atoms with E-state index < -0.39 is 0 Å². The largest absolute Gasteiger partial charge is 0.485 e. The molecule has 0 aromatic heterocycles. The molecule has 0 aliphatic carbocycles. The van der Waals surface area contributed by atoms with E-state index in [1.807, 2.05) is 6.92 Å². The molecule has 0 unspecified atom stereocenters. The monoisotopic (exact) mass is 302 g/mol. The van der Waals surface area contributed by atoms with Gasteiger partial charge in [0.05, 0.1) is 5.02 Å². The summed E-state index contributed by atoms with van der Waals surface area (Å²) in [5.41, 5.74) is 1.08. The van der Waals surface area contributed by atoms with Crippen LogP contribution in [-0.2, 0) is 0 Å². The lowest BCUT2D eigenvalue weighted by Gasteiger charge is -2.07. The summed E-state index contributed by atoms with van der Waals surface area (Å²) in [6.45, 7) is 1.72. The fraction of sp³-hybridized carbons (Fsp3) is 0.176. The van der Waals surface area contributed by atoms with E-state index in [-0.39, 0.29) is 18.2 Å². The molecule has 0 saturated carbocycles. The van der Waals surface area contributed by atoms with Crippen LogP contribution >= 0.6 is 11.6 Å². The molecule has 0 aliphatic rings. The van der Waals surface area contributed by atoms with E-state index in [1.54, 1.807) is 48.5 Å². The quantitative estimate of drug-likeness (QED) is 0.751. The highest BCUT2D eigenvalue weighted by Crippen LogP contribution is 2.17. The minimum Gasteiger partial charge on any atom is -0.485 e. The van der Waals surface area contributed by atoms with Gasteiger partial charge in [0.15, 0.2) is 12.4 Å². The molecular weight excluding hydrogens is 288 g/mol. The fourth-order valence-electron chi connectivity index (χ4n) is 1.86. The van der Waals surface area contributed by atoms with Crippen LogP contribution in [0, 0.1) is 0 Å². The number of ketones is 2. The first-order valence-electron chi connectivity index (χ1n) is 6.65. The Kier molecular flexibility index (Phi) is 5.12. The van der Waals surface area contributed by atoms with Crippen molar-refractivity contribution in [2.75, 3.05) is 6.61 Å². The minimum atomic E-state index is -0.186. The van der Waals surface area contributed by atoms with Gasteiger partial charge in [-0.1, -0.05) is 30.7 Å². The second kappa shape index (κ2) is 7.04. The van der Waals surface area contributed by atoms with Crippen molar-refractivity contribution < 1.29 is 14.3 Å². The summed E-state index contributed by atoms with van der Waals surface area (Å²) in [7, 11) is 0. The Balaban J connectivity index is 1.99. The molecule has 0 aliphatic heterocycles. The van der Waals surface area contributed by atoms with Gasteiger partial charge in [0, 0.05) is 17.5 Å². The molecule has 0 atom stereocenters. The van der Waals surface area contributed by atoms with E-state index >= 15 is 0 Å². The molecule has 0 radical (unpaired) electrons. The number of rotatable bonds is 6. The highest BCUT2D eigenvalue weighted by atomic mass is 35.5. The Morgan fingerprint density at radius 1 is 1.00 bits per heavy atom. The zero-order chi connectivity index (χ0) is 15.2. The minimum absolute atomic E-state index is 0.0775. The van der Waals surface area contributed by atoms with Crippen molar-refractivity contribution in [3.05, 3.63) is 64.7 Å². The molecule has 2 aromatic carbocycles. The number of carbonyl (C=O) groups is 2. The van der Waals surface area contributed by atoms with Gasteiger partial charge in [-0.2, -0.15) is 0 Å². The lowest BCUT2D eigenvalue weighted by Crippen LogP contribution is -2.12. The first kappa shape index (κ1) is 15.3. The number of benzene rings is 2. The van der Waals surface area contributed by atoms with Crippen LogP contribution < -0.4 is 4.74 Å². The van der Waals surface area contributed by atoms with E-state index in [2.05, 4.69) is 0 Å². The summed E-state index contributed by atoms with van der Waals surface area (Å²) in [5.74, 6) is 0.436. The maximum Gasteiger partial charge on any atom is 0.201 e. The summed E-state index contributed by atoms with van der Waals surface area (Å²) in [4.78, 5) is 23.5. The number of halogens is 1. The summed E-state index contributed by atoms with van der Waals surface area (Å²) < 4.78 is 5.43. The predicted molar refractivity (Wildman–Crippen MR) is 82.3 cm³/mol. The molecule has 0 saturated heterocycles. The molecule has 0 heterocycles. The highest BCUT2D eigenvalue weighted by molar-refractivity contribution is 6.34. The highest BCUT2D eigenvalue weighted by Gasteiger charge is 2.10. The van der Waals surface area contributed by atoms with Crippen LogP contribution in [0.3, 0.4) is 0 Å². The Hall–Kier alpha value is -2.13.